The summed E-state index contributed by atoms with van der Waals surface area (Å²) in [6.45, 7) is 0. The van der Waals surface area contributed by atoms with Crippen molar-refractivity contribution < 1.29 is 4.79 Å². The number of halogens is 1. The van der Waals surface area contributed by atoms with Crippen LogP contribution in [0.4, 0.5) is 11.6 Å². The van der Waals surface area contributed by atoms with Gasteiger partial charge in [0.25, 0.3) is 5.91 Å². The number of amides is 1. The Bertz CT molecular complexity index is 466. The fourth-order valence-electron chi connectivity index (χ4n) is 0.844. The molecular weight excluding hydrogens is 266 g/mol. The van der Waals surface area contributed by atoms with E-state index in [4.69, 9.17) is 35.3 Å². The van der Waals surface area contributed by atoms with Gasteiger partial charge in [0.05, 0.1) is 0 Å². The van der Waals surface area contributed by atoms with Crippen LogP contribution in [0.1, 0.15) is 10.5 Å². The van der Waals surface area contributed by atoms with Gasteiger partial charge in [-0.1, -0.05) is 11.6 Å². The van der Waals surface area contributed by atoms with Crippen LogP contribution in [-0.2, 0) is 0 Å². The number of nitrogens with two attached hydrogens (primary N) is 2. The van der Waals surface area contributed by atoms with Gasteiger partial charge in [0, 0.05) is 7.05 Å². The van der Waals surface area contributed by atoms with E-state index < -0.39 is 5.91 Å². The third kappa shape index (κ3) is 3.29. The Morgan fingerprint density at radius 3 is 2.53 bits per heavy atom. The topological polar surface area (TPSA) is 131 Å². The Kier molecular flexibility index (Phi) is 4.24. The van der Waals surface area contributed by atoms with Gasteiger partial charge in [0.2, 0.25) is 0 Å². The van der Waals surface area contributed by atoms with Gasteiger partial charge < -0.3 is 16.8 Å². The van der Waals surface area contributed by atoms with E-state index in [9.17, 15) is 4.79 Å². The number of anilines is 2. The summed E-state index contributed by atoms with van der Waals surface area (Å²) >= 11 is 10.4. The van der Waals surface area contributed by atoms with Gasteiger partial charge in [-0.3, -0.25) is 15.6 Å². The standard InChI is InChI=1S/C7H10ClN7OS/c1-11-7(17)15-14-6(16)2-4(9)13-5(10)3(8)12-2/h1H3,(H,14,16)(H4,9,10,13)(H2,11,15,17). The minimum atomic E-state index is -0.630. The van der Waals surface area contributed by atoms with Gasteiger partial charge in [-0.05, 0) is 12.2 Å². The minimum Gasteiger partial charge on any atom is -0.382 e. The molecule has 0 aliphatic rings. The number of hydrazine groups is 1. The summed E-state index contributed by atoms with van der Waals surface area (Å²) in [5, 5.41) is 2.73. The van der Waals surface area contributed by atoms with E-state index >= 15 is 0 Å². The zero-order valence-electron chi connectivity index (χ0n) is 8.74. The average molecular weight is 276 g/mol. The molecule has 17 heavy (non-hydrogen) atoms. The highest BCUT2D eigenvalue weighted by Gasteiger charge is 2.15. The SMILES string of the molecule is CNC(=S)NNC(=O)c1nc(Cl)c(N)nc1N. The van der Waals surface area contributed by atoms with Crippen molar-refractivity contribution in [2.75, 3.05) is 18.5 Å². The van der Waals surface area contributed by atoms with E-state index in [0.717, 1.165) is 0 Å². The highest BCUT2D eigenvalue weighted by molar-refractivity contribution is 7.80. The Morgan fingerprint density at radius 1 is 1.29 bits per heavy atom. The van der Waals surface area contributed by atoms with Crippen LogP contribution in [0, 0.1) is 0 Å². The van der Waals surface area contributed by atoms with Crippen molar-refractivity contribution >= 4 is 46.5 Å². The third-order valence-corrected chi connectivity index (χ3v) is 2.22. The van der Waals surface area contributed by atoms with Crippen molar-refractivity contribution in [2.24, 2.45) is 0 Å². The number of hydrogen-bond acceptors (Lipinski definition) is 6. The van der Waals surface area contributed by atoms with Crippen molar-refractivity contribution in [3.8, 4) is 0 Å². The van der Waals surface area contributed by atoms with Crippen LogP contribution in [0.5, 0.6) is 0 Å². The van der Waals surface area contributed by atoms with Crippen LogP contribution < -0.4 is 27.6 Å². The fraction of sp³-hybridized carbons (Fsp3) is 0.143. The zero-order valence-corrected chi connectivity index (χ0v) is 10.3. The normalized spacial score (nSPS) is 9.53. The lowest BCUT2D eigenvalue weighted by Gasteiger charge is -2.09. The molecule has 0 atom stereocenters. The average Bonchev–Trinajstić information content (AvgIpc) is 2.30. The van der Waals surface area contributed by atoms with Crippen molar-refractivity contribution in [2.45, 2.75) is 0 Å². The van der Waals surface area contributed by atoms with Gasteiger partial charge in [-0.15, -0.1) is 0 Å². The molecule has 0 fully saturated rings. The molecule has 0 saturated carbocycles. The Morgan fingerprint density at radius 2 is 1.94 bits per heavy atom. The number of thiocarbonyl (C=S) groups is 1. The van der Waals surface area contributed by atoms with Crippen LogP contribution in [-0.4, -0.2) is 28.0 Å². The minimum absolute atomic E-state index is 0.0422. The lowest BCUT2D eigenvalue weighted by atomic mass is 10.4. The molecular formula is C7H10ClN7OS. The van der Waals surface area contributed by atoms with Crippen molar-refractivity contribution in [1.82, 2.24) is 26.1 Å². The maximum Gasteiger partial charge on any atom is 0.292 e. The number of carbonyl (C=O) groups is 1. The molecule has 92 valence electrons. The van der Waals surface area contributed by atoms with Crippen molar-refractivity contribution in [3.05, 3.63) is 10.8 Å². The third-order valence-electron chi connectivity index (χ3n) is 1.64. The molecule has 1 rings (SSSR count). The maximum absolute atomic E-state index is 11.6. The predicted molar refractivity (Wildman–Crippen MR) is 68.1 cm³/mol. The summed E-state index contributed by atoms with van der Waals surface area (Å²) in [5.41, 5.74) is 15.4. The highest BCUT2D eigenvalue weighted by Crippen LogP contribution is 2.16. The van der Waals surface area contributed by atoms with Crippen molar-refractivity contribution in [3.63, 3.8) is 0 Å². The van der Waals surface area contributed by atoms with Gasteiger partial charge in [0.15, 0.2) is 27.6 Å². The van der Waals surface area contributed by atoms with E-state index in [1.807, 2.05) is 0 Å². The van der Waals surface area contributed by atoms with Gasteiger partial charge in [0.1, 0.15) is 0 Å². The van der Waals surface area contributed by atoms with Gasteiger partial charge in [-0.25, -0.2) is 9.97 Å². The second-order valence-electron chi connectivity index (χ2n) is 2.79. The van der Waals surface area contributed by atoms with E-state index in [1.54, 1.807) is 7.05 Å². The molecule has 10 heteroatoms. The monoisotopic (exact) mass is 275 g/mol. The van der Waals surface area contributed by atoms with Crippen LogP contribution in [0.3, 0.4) is 0 Å². The molecule has 0 bridgehead atoms. The first kappa shape index (κ1) is 13.2. The molecule has 1 aromatic rings. The second-order valence-corrected chi connectivity index (χ2v) is 3.56. The molecule has 0 saturated heterocycles. The maximum atomic E-state index is 11.6. The summed E-state index contributed by atoms with van der Waals surface area (Å²) in [7, 11) is 1.59. The summed E-state index contributed by atoms with van der Waals surface area (Å²) in [6, 6.07) is 0. The van der Waals surface area contributed by atoms with Gasteiger partial charge in [-0.2, -0.15) is 0 Å². The smallest absolute Gasteiger partial charge is 0.292 e. The second kappa shape index (κ2) is 5.46. The molecule has 7 N–H and O–H groups in total. The molecule has 0 radical (unpaired) electrons. The highest BCUT2D eigenvalue weighted by atomic mass is 35.5. The van der Waals surface area contributed by atoms with Crippen LogP contribution in [0.25, 0.3) is 0 Å². The number of carbonyl (C=O) groups excluding carboxylic acids is 1. The van der Waals surface area contributed by atoms with Crippen LogP contribution in [0.15, 0.2) is 0 Å². The number of rotatable bonds is 1. The molecule has 1 amide bonds. The van der Waals surface area contributed by atoms with Crippen LogP contribution >= 0.6 is 23.8 Å². The van der Waals surface area contributed by atoms with Crippen LogP contribution in [0.2, 0.25) is 5.15 Å². The summed E-state index contributed by atoms with van der Waals surface area (Å²) in [4.78, 5) is 19.0. The molecule has 0 unspecified atom stereocenters. The first-order valence-corrected chi connectivity index (χ1v) is 5.11. The van der Waals surface area contributed by atoms with E-state index in [1.165, 1.54) is 0 Å². The number of nitrogens with zero attached hydrogens (tertiary/aromatic N) is 2. The molecule has 1 aromatic heterocycles. The number of aromatic nitrogens is 2. The molecule has 1 heterocycles. The van der Waals surface area contributed by atoms with E-state index in [0.29, 0.717) is 0 Å². The fourth-order valence-corrected chi connectivity index (χ4v) is 1.02. The molecule has 8 nitrogen and oxygen atoms in total. The number of nitrogens with one attached hydrogen (secondary N) is 3. The number of hydrogen-bond donors (Lipinski definition) is 5. The zero-order chi connectivity index (χ0) is 13.0. The van der Waals surface area contributed by atoms with Crippen molar-refractivity contribution in [1.29, 1.82) is 0 Å². The largest absolute Gasteiger partial charge is 0.382 e. The summed E-state index contributed by atoms with van der Waals surface area (Å²) in [6.07, 6.45) is 0. The lowest BCUT2D eigenvalue weighted by molar-refractivity contribution is 0.0939. The number of nitrogen functional groups attached to an aromatic ring is 2. The summed E-state index contributed by atoms with van der Waals surface area (Å²) < 4.78 is 0. The van der Waals surface area contributed by atoms with E-state index in [-0.39, 0.29) is 27.6 Å². The van der Waals surface area contributed by atoms with Gasteiger partial charge >= 0.3 is 0 Å². The Labute approximate surface area is 107 Å². The molecule has 0 aliphatic heterocycles. The Balaban J connectivity index is 2.82. The first-order valence-electron chi connectivity index (χ1n) is 4.32. The summed E-state index contributed by atoms with van der Waals surface area (Å²) in [5.74, 6) is -0.796. The predicted octanol–water partition coefficient (Wildman–Crippen LogP) is -0.967. The van der Waals surface area contributed by atoms with E-state index in [2.05, 4.69) is 26.1 Å². The Hall–Kier alpha value is -1.87. The quantitative estimate of drug-likeness (QED) is 0.327. The molecule has 0 aliphatic carbocycles. The lowest BCUT2D eigenvalue weighted by Crippen LogP contribution is -2.46. The molecule has 0 spiro atoms. The first-order chi connectivity index (χ1) is 7.95. The molecule has 0 aromatic carbocycles.